The van der Waals surface area contributed by atoms with Gasteiger partial charge in [-0.05, 0) is 67.4 Å². The number of nitrogens with one attached hydrogen (secondary N) is 2. The standard InChI is InChI=1S/C26H27ClN2O5S/c27-24-17-23(35(31,32)29-20-7-3-1-4-8-20)15-16-25(24)33-18-26(30)28-19-11-13-22(14-12-19)34-21-9-5-2-6-10-21/h2,5-6,9-17,20,29H,1,3-4,7-8,18H2,(H,28,30). The SMILES string of the molecule is O=C(COc1ccc(S(=O)(=O)NC2CCCCC2)cc1Cl)Nc1ccc(Oc2ccccc2)cc1. The maximum Gasteiger partial charge on any atom is 0.262 e. The second kappa shape index (κ2) is 11.6. The molecule has 0 atom stereocenters. The van der Waals surface area contributed by atoms with Crippen LogP contribution in [0.1, 0.15) is 32.1 Å². The molecular formula is C26H27ClN2O5S. The Hall–Kier alpha value is -3.07. The Morgan fingerprint density at radius 1 is 0.914 bits per heavy atom. The highest BCUT2D eigenvalue weighted by Gasteiger charge is 2.22. The number of amides is 1. The Balaban J connectivity index is 1.29. The van der Waals surface area contributed by atoms with Crippen molar-refractivity contribution in [3.8, 4) is 17.2 Å². The van der Waals surface area contributed by atoms with E-state index in [9.17, 15) is 13.2 Å². The lowest BCUT2D eigenvalue weighted by molar-refractivity contribution is -0.118. The number of sulfonamides is 1. The van der Waals surface area contributed by atoms with Crippen molar-refractivity contribution in [1.29, 1.82) is 0 Å². The first-order valence-corrected chi connectivity index (χ1v) is 13.3. The molecule has 0 aliphatic heterocycles. The first-order valence-electron chi connectivity index (χ1n) is 11.5. The van der Waals surface area contributed by atoms with E-state index in [-0.39, 0.29) is 34.2 Å². The summed E-state index contributed by atoms with van der Waals surface area (Å²) in [5.74, 6) is 1.21. The fourth-order valence-corrected chi connectivity index (χ4v) is 5.48. The normalized spacial score (nSPS) is 14.3. The zero-order chi connectivity index (χ0) is 24.7. The maximum atomic E-state index is 12.7. The van der Waals surface area contributed by atoms with Crippen molar-refractivity contribution in [3.05, 3.63) is 77.8 Å². The van der Waals surface area contributed by atoms with Crippen molar-refractivity contribution in [1.82, 2.24) is 4.72 Å². The van der Waals surface area contributed by atoms with E-state index >= 15 is 0 Å². The van der Waals surface area contributed by atoms with E-state index < -0.39 is 10.0 Å². The highest BCUT2D eigenvalue weighted by Crippen LogP contribution is 2.28. The highest BCUT2D eigenvalue weighted by molar-refractivity contribution is 7.89. The summed E-state index contributed by atoms with van der Waals surface area (Å²) in [6.07, 6.45) is 4.86. The molecule has 1 amide bonds. The monoisotopic (exact) mass is 514 g/mol. The molecule has 0 radical (unpaired) electrons. The lowest BCUT2D eigenvalue weighted by Crippen LogP contribution is -2.36. The smallest absolute Gasteiger partial charge is 0.262 e. The number of rotatable bonds is 9. The minimum atomic E-state index is -3.67. The highest BCUT2D eigenvalue weighted by atomic mass is 35.5. The van der Waals surface area contributed by atoms with Gasteiger partial charge in [-0.2, -0.15) is 0 Å². The second-order valence-electron chi connectivity index (χ2n) is 8.32. The Morgan fingerprint density at radius 3 is 2.29 bits per heavy atom. The van der Waals surface area contributed by atoms with E-state index in [1.54, 1.807) is 24.3 Å². The fourth-order valence-electron chi connectivity index (χ4n) is 3.84. The lowest BCUT2D eigenvalue weighted by Gasteiger charge is -2.22. The van der Waals surface area contributed by atoms with E-state index in [0.717, 1.165) is 37.9 Å². The topological polar surface area (TPSA) is 93.7 Å². The van der Waals surface area contributed by atoms with Crippen LogP contribution in [0, 0.1) is 0 Å². The molecule has 0 heterocycles. The average molecular weight is 515 g/mol. The van der Waals surface area contributed by atoms with Crippen LogP contribution in [0.25, 0.3) is 0 Å². The van der Waals surface area contributed by atoms with E-state index in [2.05, 4.69) is 10.0 Å². The fraction of sp³-hybridized carbons (Fsp3) is 0.269. The molecule has 0 aromatic heterocycles. The van der Waals surface area contributed by atoms with Crippen molar-refractivity contribution in [3.63, 3.8) is 0 Å². The molecule has 0 bridgehead atoms. The van der Waals surface area contributed by atoms with Crippen LogP contribution in [0.3, 0.4) is 0 Å². The van der Waals surface area contributed by atoms with Gasteiger partial charge in [0.25, 0.3) is 5.91 Å². The zero-order valence-electron chi connectivity index (χ0n) is 19.1. The van der Waals surface area contributed by atoms with Gasteiger partial charge < -0.3 is 14.8 Å². The van der Waals surface area contributed by atoms with Gasteiger partial charge in [0.05, 0.1) is 9.92 Å². The first-order chi connectivity index (χ1) is 16.9. The Morgan fingerprint density at radius 2 is 1.60 bits per heavy atom. The minimum Gasteiger partial charge on any atom is -0.482 e. The molecular weight excluding hydrogens is 488 g/mol. The average Bonchev–Trinajstić information content (AvgIpc) is 2.85. The summed E-state index contributed by atoms with van der Waals surface area (Å²) in [6, 6.07) is 20.5. The van der Waals surface area contributed by atoms with Gasteiger partial charge in [-0.25, -0.2) is 13.1 Å². The number of carbonyl (C=O) groups excluding carboxylic acids is 1. The van der Waals surface area contributed by atoms with Crippen molar-refractivity contribution < 1.29 is 22.7 Å². The Bertz CT molecular complexity index is 1240. The summed E-state index contributed by atoms with van der Waals surface area (Å²) >= 11 is 6.24. The molecule has 1 aliphatic rings. The lowest BCUT2D eigenvalue weighted by atomic mass is 9.96. The molecule has 184 valence electrons. The molecule has 35 heavy (non-hydrogen) atoms. The van der Waals surface area contributed by atoms with Gasteiger partial charge in [0.2, 0.25) is 10.0 Å². The van der Waals surface area contributed by atoms with Gasteiger partial charge in [-0.3, -0.25) is 4.79 Å². The summed E-state index contributed by atoms with van der Waals surface area (Å²) in [4.78, 5) is 12.4. The van der Waals surface area contributed by atoms with Crippen LogP contribution < -0.4 is 19.5 Å². The Labute approximate surface area is 210 Å². The van der Waals surface area contributed by atoms with E-state index in [1.807, 2.05) is 30.3 Å². The van der Waals surface area contributed by atoms with Crippen LogP contribution in [-0.4, -0.2) is 27.0 Å². The van der Waals surface area contributed by atoms with Crippen molar-refractivity contribution in [2.75, 3.05) is 11.9 Å². The van der Waals surface area contributed by atoms with Gasteiger partial charge in [0.1, 0.15) is 17.2 Å². The molecule has 9 heteroatoms. The molecule has 1 saturated carbocycles. The summed E-state index contributed by atoms with van der Waals surface area (Å²) in [6.45, 7) is -0.283. The number of halogens is 1. The van der Waals surface area contributed by atoms with E-state index in [4.69, 9.17) is 21.1 Å². The van der Waals surface area contributed by atoms with Crippen molar-refractivity contribution in [2.24, 2.45) is 0 Å². The number of hydrogen-bond donors (Lipinski definition) is 2. The van der Waals surface area contributed by atoms with Gasteiger partial charge in [0.15, 0.2) is 6.61 Å². The third-order valence-electron chi connectivity index (χ3n) is 5.62. The molecule has 3 aromatic carbocycles. The largest absolute Gasteiger partial charge is 0.482 e. The number of para-hydroxylation sites is 1. The molecule has 0 spiro atoms. The number of anilines is 1. The van der Waals surface area contributed by atoms with Crippen molar-refractivity contribution >= 4 is 33.2 Å². The van der Waals surface area contributed by atoms with Gasteiger partial charge in [-0.1, -0.05) is 49.1 Å². The van der Waals surface area contributed by atoms with Crippen molar-refractivity contribution in [2.45, 2.75) is 43.0 Å². The number of hydrogen-bond acceptors (Lipinski definition) is 5. The number of ether oxygens (including phenoxy) is 2. The second-order valence-corrected chi connectivity index (χ2v) is 10.4. The summed E-state index contributed by atoms with van der Waals surface area (Å²) < 4.78 is 39.3. The molecule has 1 fully saturated rings. The predicted molar refractivity (Wildman–Crippen MR) is 136 cm³/mol. The maximum absolute atomic E-state index is 12.7. The van der Waals surface area contributed by atoms with E-state index in [1.165, 1.54) is 18.2 Å². The number of benzene rings is 3. The zero-order valence-corrected chi connectivity index (χ0v) is 20.6. The van der Waals surface area contributed by atoms with E-state index in [0.29, 0.717) is 11.4 Å². The molecule has 4 rings (SSSR count). The minimum absolute atomic E-state index is 0.0499. The Kier molecular flexibility index (Phi) is 8.28. The van der Waals surface area contributed by atoms with Crippen LogP contribution in [0.2, 0.25) is 5.02 Å². The predicted octanol–water partition coefficient (Wildman–Crippen LogP) is 5.76. The third kappa shape index (κ3) is 7.21. The molecule has 3 aromatic rings. The molecule has 2 N–H and O–H groups in total. The third-order valence-corrected chi connectivity index (χ3v) is 7.43. The van der Waals surface area contributed by atoms with Crippen LogP contribution >= 0.6 is 11.6 Å². The summed E-state index contributed by atoms with van der Waals surface area (Å²) in [5, 5.41) is 2.85. The number of carbonyl (C=O) groups is 1. The molecule has 1 aliphatic carbocycles. The van der Waals surface area contributed by atoms with Gasteiger partial charge in [0, 0.05) is 11.7 Å². The molecule has 7 nitrogen and oxygen atoms in total. The van der Waals surface area contributed by atoms with Gasteiger partial charge >= 0.3 is 0 Å². The first kappa shape index (κ1) is 25.0. The van der Waals surface area contributed by atoms with Crippen LogP contribution in [0.4, 0.5) is 5.69 Å². The van der Waals surface area contributed by atoms with Crippen LogP contribution in [-0.2, 0) is 14.8 Å². The molecule has 0 unspecified atom stereocenters. The van der Waals surface area contributed by atoms with Gasteiger partial charge in [-0.15, -0.1) is 0 Å². The summed E-state index contributed by atoms with van der Waals surface area (Å²) in [7, 11) is -3.67. The summed E-state index contributed by atoms with van der Waals surface area (Å²) in [5.41, 5.74) is 0.584. The molecule has 0 saturated heterocycles. The van der Waals surface area contributed by atoms with Crippen LogP contribution in [0.15, 0.2) is 77.7 Å². The quantitative estimate of drug-likeness (QED) is 0.378. The van der Waals surface area contributed by atoms with Crippen LogP contribution in [0.5, 0.6) is 17.2 Å².